The van der Waals surface area contributed by atoms with E-state index in [1.54, 1.807) is 26.3 Å². The van der Waals surface area contributed by atoms with Gasteiger partial charge in [-0.25, -0.2) is 4.99 Å². The number of nitrogens with two attached hydrogens (primary N) is 1. The molecular weight excluding hydrogens is 352 g/mol. The van der Waals surface area contributed by atoms with E-state index in [-0.39, 0.29) is 11.9 Å². The number of amides is 1. The zero-order chi connectivity index (χ0) is 20.1. The Kier molecular flexibility index (Phi) is 3.93. The lowest BCUT2D eigenvalue weighted by molar-refractivity contribution is -0.136. The Morgan fingerprint density at radius 3 is 2.79 bits per heavy atom. The highest BCUT2D eigenvalue weighted by atomic mass is 16.5. The molecule has 1 unspecified atom stereocenters. The van der Waals surface area contributed by atoms with Crippen LogP contribution in [0, 0.1) is 11.3 Å². The summed E-state index contributed by atoms with van der Waals surface area (Å²) in [7, 11) is 3.30. The molecular formula is C22H22N4O2. The maximum atomic E-state index is 13.7. The molecule has 2 aromatic rings. The smallest absolute Gasteiger partial charge is 0.242 e. The molecule has 0 saturated heterocycles. The number of aliphatic imine (C=N–C) groups is 1. The number of carbonyl (C=O) groups is 1. The van der Waals surface area contributed by atoms with Gasteiger partial charge in [0.05, 0.1) is 18.7 Å². The molecule has 142 valence electrons. The molecule has 0 fully saturated rings. The first kappa shape index (κ1) is 18.1. The van der Waals surface area contributed by atoms with Gasteiger partial charge in [-0.1, -0.05) is 18.2 Å². The van der Waals surface area contributed by atoms with Crippen LogP contribution in [0.2, 0.25) is 0 Å². The molecule has 2 aromatic carbocycles. The number of likely N-dealkylation sites (N-methyl/N-ethyl adjacent to an activating group) is 1. The summed E-state index contributed by atoms with van der Waals surface area (Å²) in [5.74, 6) is 0.875. The van der Waals surface area contributed by atoms with Crippen molar-refractivity contribution in [3.63, 3.8) is 0 Å². The van der Waals surface area contributed by atoms with Gasteiger partial charge in [-0.05, 0) is 60.7 Å². The van der Waals surface area contributed by atoms with Crippen LogP contribution in [0.25, 0.3) is 0 Å². The van der Waals surface area contributed by atoms with E-state index in [1.807, 2.05) is 37.3 Å². The summed E-state index contributed by atoms with van der Waals surface area (Å²) in [6.07, 6.45) is 1.36. The van der Waals surface area contributed by atoms with E-state index in [9.17, 15) is 10.1 Å². The van der Waals surface area contributed by atoms with E-state index in [0.29, 0.717) is 12.0 Å². The number of guanidine groups is 1. The van der Waals surface area contributed by atoms with Crippen LogP contribution in [-0.4, -0.2) is 30.9 Å². The van der Waals surface area contributed by atoms with Gasteiger partial charge in [0.25, 0.3) is 0 Å². The van der Waals surface area contributed by atoms with Gasteiger partial charge in [0, 0.05) is 7.05 Å². The summed E-state index contributed by atoms with van der Waals surface area (Å²) in [6, 6.07) is 15.3. The normalized spacial score (nSPS) is 26.0. The third kappa shape index (κ3) is 2.19. The van der Waals surface area contributed by atoms with Crippen molar-refractivity contribution in [2.24, 2.45) is 10.7 Å². The largest absolute Gasteiger partial charge is 0.497 e. The summed E-state index contributed by atoms with van der Waals surface area (Å²) < 4.78 is 5.37. The fourth-order valence-corrected chi connectivity index (χ4v) is 4.71. The molecule has 1 aliphatic heterocycles. The molecule has 4 rings (SSSR count). The number of fused-ring (bicyclic) bond motifs is 2. The van der Waals surface area contributed by atoms with Crippen molar-refractivity contribution in [2.75, 3.05) is 14.2 Å². The minimum Gasteiger partial charge on any atom is -0.497 e. The first-order valence-electron chi connectivity index (χ1n) is 9.19. The molecule has 2 N–H and O–H groups in total. The number of benzene rings is 2. The fourth-order valence-electron chi connectivity index (χ4n) is 4.71. The highest BCUT2D eigenvalue weighted by Gasteiger charge is 2.62. The molecule has 1 amide bonds. The van der Waals surface area contributed by atoms with E-state index in [0.717, 1.165) is 28.9 Å². The first-order chi connectivity index (χ1) is 13.4. The van der Waals surface area contributed by atoms with Crippen LogP contribution in [-0.2, 0) is 22.2 Å². The molecule has 0 bridgehead atoms. The van der Waals surface area contributed by atoms with Gasteiger partial charge in [-0.15, -0.1) is 0 Å². The number of nitrogens with zero attached hydrogens (tertiary/aromatic N) is 3. The third-order valence-corrected chi connectivity index (χ3v) is 6.28. The minimum atomic E-state index is -0.923. The lowest BCUT2D eigenvalue weighted by Crippen LogP contribution is -2.62. The quantitative estimate of drug-likeness (QED) is 0.874. The van der Waals surface area contributed by atoms with Gasteiger partial charge in [-0.3, -0.25) is 9.69 Å². The summed E-state index contributed by atoms with van der Waals surface area (Å²) in [5.41, 5.74) is 7.69. The van der Waals surface area contributed by atoms with Gasteiger partial charge < -0.3 is 10.5 Å². The molecule has 6 nitrogen and oxygen atoms in total. The van der Waals surface area contributed by atoms with Crippen LogP contribution < -0.4 is 10.5 Å². The Balaban J connectivity index is 2.02. The fraction of sp³-hybridized carbons (Fsp3) is 0.318. The second-order valence-electron chi connectivity index (χ2n) is 7.53. The Morgan fingerprint density at radius 1 is 1.29 bits per heavy atom. The summed E-state index contributed by atoms with van der Waals surface area (Å²) >= 11 is 0. The second kappa shape index (κ2) is 6.10. The Hall–Kier alpha value is -3.33. The number of hydrogen-bond acceptors (Lipinski definition) is 5. The molecule has 0 aromatic heterocycles. The van der Waals surface area contributed by atoms with Crippen LogP contribution in [0.15, 0.2) is 47.5 Å². The van der Waals surface area contributed by atoms with Crippen molar-refractivity contribution in [3.8, 4) is 11.8 Å². The predicted molar refractivity (Wildman–Crippen MR) is 106 cm³/mol. The van der Waals surface area contributed by atoms with Crippen molar-refractivity contribution in [3.05, 3.63) is 64.7 Å². The Bertz CT molecular complexity index is 1050. The number of methoxy groups -OCH3 is 1. The zero-order valence-electron chi connectivity index (χ0n) is 16.2. The average molecular weight is 374 g/mol. The van der Waals surface area contributed by atoms with Crippen molar-refractivity contribution in [1.82, 2.24) is 4.90 Å². The van der Waals surface area contributed by atoms with Gasteiger partial charge in [0.15, 0.2) is 5.96 Å². The third-order valence-electron chi connectivity index (χ3n) is 6.28. The standard InChI is InChI=1S/C22H22N4O2/c1-21(16-6-4-5-14(11-16)13-23)22(19(27)26(2)20(24)25-21)10-9-15-12-17(28-3)7-8-18(15)22/h4-8,11-12H,9-10H2,1-3H3,(H2,24,25)/t21?,22-/m0/s1. The SMILES string of the molecule is COc1ccc2c(c1)CC[C@@]21C(=O)N(C)C(N)=NC1(C)c1cccc(C#N)c1. The van der Waals surface area contributed by atoms with Crippen molar-refractivity contribution in [2.45, 2.75) is 30.7 Å². The first-order valence-corrected chi connectivity index (χ1v) is 9.19. The molecule has 1 spiro atoms. The van der Waals surface area contributed by atoms with Gasteiger partial charge in [0.1, 0.15) is 16.7 Å². The van der Waals surface area contributed by atoms with Crippen molar-refractivity contribution < 1.29 is 9.53 Å². The second-order valence-corrected chi connectivity index (χ2v) is 7.53. The molecule has 0 saturated carbocycles. The minimum absolute atomic E-state index is 0.0752. The number of rotatable bonds is 2. The molecule has 0 radical (unpaired) electrons. The summed E-state index contributed by atoms with van der Waals surface area (Å²) in [5, 5.41) is 9.36. The zero-order valence-corrected chi connectivity index (χ0v) is 16.2. The molecule has 1 heterocycles. The van der Waals surface area contributed by atoms with Gasteiger partial charge in [0.2, 0.25) is 5.91 Å². The van der Waals surface area contributed by atoms with Gasteiger partial charge in [-0.2, -0.15) is 5.26 Å². The van der Waals surface area contributed by atoms with E-state index in [2.05, 4.69) is 6.07 Å². The number of carbonyl (C=O) groups excluding carboxylic acids is 1. The Morgan fingerprint density at radius 2 is 2.07 bits per heavy atom. The van der Waals surface area contributed by atoms with Crippen molar-refractivity contribution >= 4 is 11.9 Å². The highest BCUT2D eigenvalue weighted by Crippen LogP contribution is 2.55. The summed E-state index contributed by atoms with van der Waals surface area (Å²) in [4.78, 5) is 20.0. The van der Waals surface area contributed by atoms with E-state index in [1.165, 1.54) is 4.90 Å². The van der Waals surface area contributed by atoms with E-state index in [4.69, 9.17) is 15.5 Å². The highest BCUT2D eigenvalue weighted by molar-refractivity contribution is 6.05. The molecule has 6 heteroatoms. The van der Waals surface area contributed by atoms with Crippen LogP contribution >= 0.6 is 0 Å². The van der Waals surface area contributed by atoms with E-state index < -0.39 is 11.0 Å². The topological polar surface area (TPSA) is 91.7 Å². The summed E-state index contributed by atoms with van der Waals surface area (Å²) in [6.45, 7) is 1.95. The molecule has 2 aliphatic rings. The van der Waals surface area contributed by atoms with Gasteiger partial charge >= 0.3 is 0 Å². The van der Waals surface area contributed by atoms with Crippen molar-refractivity contribution in [1.29, 1.82) is 5.26 Å². The molecule has 28 heavy (non-hydrogen) atoms. The number of hydrogen-bond donors (Lipinski definition) is 1. The maximum absolute atomic E-state index is 13.7. The van der Waals surface area contributed by atoms with Crippen LogP contribution in [0.4, 0.5) is 0 Å². The van der Waals surface area contributed by atoms with E-state index >= 15 is 0 Å². The molecule has 1 aliphatic carbocycles. The number of aryl methyl sites for hydroxylation is 1. The van der Waals surface area contributed by atoms with Crippen LogP contribution in [0.5, 0.6) is 5.75 Å². The monoisotopic (exact) mass is 374 g/mol. The average Bonchev–Trinajstić information content (AvgIpc) is 3.11. The Labute approximate surface area is 164 Å². The lowest BCUT2D eigenvalue weighted by atomic mass is 9.62. The lowest BCUT2D eigenvalue weighted by Gasteiger charge is -2.48. The molecule has 2 atom stereocenters. The number of ether oxygens (including phenoxy) is 1. The van der Waals surface area contributed by atoms with Crippen LogP contribution in [0.3, 0.4) is 0 Å². The van der Waals surface area contributed by atoms with Crippen LogP contribution in [0.1, 0.15) is 35.6 Å². The maximum Gasteiger partial charge on any atom is 0.242 e. The predicted octanol–water partition coefficient (Wildman–Crippen LogP) is 2.45. The number of nitriles is 1.